The lowest BCUT2D eigenvalue weighted by molar-refractivity contribution is -0.122. The summed E-state index contributed by atoms with van der Waals surface area (Å²) in [6.07, 6.45) is 2.04. The Bertz CT molecular complexity index is 547. The molecule has 0 spiro atoms. The molecule has 1 aliphatic heterocycles. The minimum Gasteiger partial charge on any atom is -0.496 e. The van der Waals surface area contributed by atoms with Gasteiger partial charge >= 0.3 is 6.03 Å². The first-order valence-electron chi connectivity index (χ1n) is 7.47. The van der Waals surface area contributed by atoms with Gasteiger partial charge in [0.2, 0.25) is 5.91 Å². The summed E-state index contributed by atoms with van der Waals surface area (Å²) in [6, 6.07) is 7.14. The molecule has 2 rings (SSSR count). The molecule has 1 fully saturated rings. The number of rotatable bonds is 4. The van der Waals surface area contributed by atoms with Crippen LogP contribution in [0, 0.1) is 5.92 Å². The molecule has 120 valence electrons. The third-order valence-electron chi connectivity index (χ3n) is 4.03. The Hall–Kier alpha value is -2.08. The van der Waals surface area contributed by atoms with Crippen LogP contribution >= 0.6 is 0 Å². The Kier molecular flexibility index (Phi) is 5.38. The topological polar surface area (TPSA) is 84.7 Å². The summed E-state index contributed by atoms with van der Waals surface area (Å²) in [7, 11) is 1.65. The number of amides is 3. The number of ether oxygens (including phenoxy) is 1. The first kappa shape index (κ1) is 16.3. The maximum Gasteiger partial charge on any atom is 0.318 e. The van der Waals surface area contributed by atoms with E-state index in [1.54, 1.807) is 7.11 Å². The fourth-order valence-corrected chi connectivity index (χ4v) is 3.07. The SMILES string of the molecule is COc1ccccc1[C@@H]1CC[C@H](C)CN1CC(=O)NC(N)=O. The number of nitrogens with two attached hydrogens (primary N) is 1. The molecule has 2 atom stereocenters. The lowest BCUT2D eigenvalue weighted by atomic mass is 9.89. The van der Waals surface area contributed by atoms with E-state index in [-0.39, 0.29) is 18.5 Å². The normalized spacial score (nSPS) is 22.1. The molecule has 6 nitrogen and oxygen atoms in total. The second-order valence-electron chi connectivity index (χ2n) is 5.78. The van der Waals surface area contributed by atoms with Gasteiger partial charge in [-0.1, -0.05) is 25.1 Å². The van der Waals surface area contributed by atoms with Crippen LogP contribution in [0.3, 0.4) is 0 Å². The van der Waals surface area contributed by atoms with Crippen molar-refractivity contribution >= 4 is 11.9 Å². The number of primary amides is 1. The molecule has 0 saturated carbocycles. The summed E-state index contributed by atoms with van der Waals surface area (Å²) in [6.45, 7) is 3.11. The van der Waals surface area contributed by atoms with Gasteiger partial charge in [0.05, 0.1) is 13.7 Å². The average molecular weight is 305 g/mol. The van der Waals surface area contributed by atoms with Crippen molar-refractivity contribution in [3.63, 3.8) is 0 Å². The molecule has 1 saturated heterocycles. The number of methoxy groups -OCH3 is 1. The second kappa shape index (κ2) is 7.26. The first-order valence-corrected chi connectivity index (χ1v) is 7.47. The van der Waals surface area contributed by atoms with Gasteiger partial charge in [0, 0.05) is 18.2 Å². The van der Waals surface area contributed by atoms with Crippen LogP contribution < -0.4 is 15.8 Å². The van der Waals surface area contributed by atoms with Crippen molar-refractivity contribution in [2.24, 2.45) is 11.7 Å². The van der Waals surface area contributed by atoms with Gasteiger partial charge in [-0.05, 0) is 24.8 Å². The summed E-state index contributed by atoms with van der Waals surface area (Å²) >= 11 is 0. The molecular formula is C16H23N3O3. The number of benzene rings is 1. The molecule has 1 aromatic rings. The van der Waals surface area contributed by atoms with E-state index < -0.39 is 6.03 Å². The number of hydrogen-bond acceptors (Lipinski definition) is 4. The van der Waals surface area contributed by atoms with Gasteiger partial charge in [-0.3, -0.25) is 15.0 Å². The second-order valence-corrected chi connectivity index (χ2v) is 5.78. The third-order valence-corrected chi connectivity index (χ3v) is 4.03. The zero-order valence-electron chi connectivity index (χ0n) is 13.0. The van der Waals surface area contributed by atoms with E-state index in [1.807, 2.05) is 24.3 Å². The maximum absolute atomic E-state index is 11.9. The highest BCUT2D eigenvalue weighted by Gasteiger charge is 2.30. The van der Waals surface area contributed by atoms with Crippen LogP contribution in [-0.4, -0.2) is 37.0 Å². The van der Waals surface area contributed by atoms with Gasteiger partial charge in [0.15, 0.2) is 0 Å². The highest BCUT2D eigenvalue weighted by atomic mass is 16.5. The number of urea groups is 1. The summed E-state index contributed by atoms with van der Waals surface area (Å²) in [5.41, 5.74) is 6.08. The number of nitrogens with zero attached hydrogens (tertiary/aromatic N) is 1. The molecule has 22 heavy (non-hydrogen) atoms. The van der Waals surface area contributed by atoms with E-state index in [9.17, 15) is 9.59 Å². The largest absolute Gasteiger partial charge is 0.496 e. The first-order chi connectivity index (χ1) is 10.5. The monoisotopic (exact) mass is 305 g/mol. The fourth-order valence-electron chi connectivity index (χ4n) is 3.07. The summed E-state index contributed by atoms with van der Waals surface area (Å²) in [5, 5.41) is 2.13. The van der Waals surface area contributed by atoms with Crippen molar-refractivity contribution in [3.8, 4) is 5.75 Å². The van der Waals surface area contributed by atoms with Crippen LogP contribution in [0.1, 0.15) is 31.4 Å². The lowest BCUT2D eigenvalue weighted by Crippen LogP contribution is -2.46. The minimum atomic E-state index is -0.816. The molecule has 1 heterocycles. The summed E-state index contributed by atoms with van der Waals surface area (Å²) in [5.74, 6) is 0.955. The molecule has 1 aliphatic rings. The molecule has 3 amide bonds. The van der Waals surface area contributed by atoms with Crippen LogP contribution in [0.2, 0.25) is 0 Å². The van der Waals surface area contributed by atoms with Gasteiger partial charge in [-0.15, -0.1) is 0 Å². The van der Waals surface area contributed by atoms with Gasteiger partial charge in [0.1, 0.15) is 5.75 Å². The molecular weight excluding hydrogens is 282 g/mol. The van der Waals surface area contributed by atoms with Crippen molar-refractivity contribution in [1.82, 2.24) is 10.2 Å². The van der Waals surface area contributed by atoms with E-state index in [4.69, 9.17) is 10.5 Å². The van der Waals surface area contributed by atoms with E-state index in [0.717, 1.165) is 30.7 Å². The Morgan fingerprint density at radius 3 is 2.77 bits per heavy atom. The summed E-state index contributed by atoms with van der Waals surface area (Å²) in [4.78, 5) is 24.8. The van der Waals surface area contributed by atoms with Crippen molar-refractivity contribution in [3.05, 3.63) is 29.8 Å². The van der Waals surface area contributed by atoms with Gasteiger partial charge < -0.3 is 10.5 Å². The molecule has 0 radical (unpaired) electrons. The summed E-state index contributed by atoms with van der Waals surface area (Å²) < 4.78 is 5.44. The number of likely N-dealkylation sites (tertiary alicyclic amines) is 1. The fraction of sp³-hybridized carbons (Fsp3) is 0.500. The molecule has 0 aromatic heterocycles. The Morgan fingerprint density at radius 2 is 2.09 bits per heavy atom. The molecule has 0 aliphatic carbocycles. The van der Waals surface area contributed by atoms with Crippen LogP contribution in [0.5, 0.6) is 5.75 Å². The van der Waals surface area contributed by atoms with E-state index in [1.165, 1.54) is 0 Å². The predicted molar refractivity (Wildman–Crippen MR) is 83.4 cm³/mol. The van der Waals surface area contributed by atoms with Gasteiger partial charge in [-0.2, -0.15) is 0 Å². The predicted octanol–water partition coefficient (Wildman–Crippen LogP) is 1.66. The van der Waals surface area contributed by atoms with Crippen LogP contribution in [-0.2, 0) is 4.79 Å². The zero-order valence-corrected chi connectivity index (χ0v) is 13.0. The number of imide groups is 1. The van der Waals surface area contributed by atoms with Crippen molar-refractivity contribution in [1.29, 1.82) is 0 Å². The lowest BCUT2D eigenvalue weighted by Gasteiger charge is -2.38. The van der Waals surface area contributed by atoms with Gasteiger partial charge in [0.25, 0.3) is 0 Å². The van der Waals surface area contributed by atoms with Crippen LogP contribution in [0.15, 0.2) is 24.3 Å². The standard InChI is InChI=1S/C16H23N3O3/c1-11-7-8-13(12-5-3-4-6-14(12)22-2)19(9-11)10-15(20)18-16(17)21/h3-6,11,13H,7-10H2,1-2H3,(H3,17,18,20,21)/t11-,13-/m0/s1. The number of nitrogens with one attached hydrogen (secondary N) is 1. The van der Waals surface area contributed by atoms with E-state index in [2.05, 4.69) is 17.1 Å². The molecule has 1 aromatic carbocycles. The number of para-hydroxylation sites is 1. The average Bonchev–Trinajstić information content (AvgIpc) is 2.46. The van der Waals surface area contributed by atoms with E-state index in [0.29, 0.717) is 5.92 Å². The van der Waals surface area contributed by atoms with E-state index >= 15 is 0 Å². The van der Waals surface area contributed by atoms with Crippen LogP contribution in [0.25, 0.3) is 0 Å². The van der Waals surface area contributed by atoms with Crippen molar-refractivity contribution in [2.45, 2.75) is 25.8 Å². The molecule has 0 bridgehead atoms. The Labute approximate surface area is 130 Å². The number of piperidine rings is 1. The van der Waals surface area contributed by atoms with Gasteiger partial charge in [-0.25, -0.2) is 4.79 Å². The molecule has 6 heteroatoms. The highest BCUT2D eigenvalue weighted by Crippen LogP contribution is 2.37. The highest BCUT2D eigenvalue weighted by molar-refractivity contribution is 5.94. The minimum absolute atomic E-state index is 0.103. The van der Waals surface area contributed by atoms with Crippen LogP contribution in [0.4, 0.5) is 4.79 Å². The zero-order chi connectivity index (χ0) is 16.1. The molecule has 3 N–H and O–H groups in total. The Balaban J connectivity index is 2.19. The smallest absolute Gasteiger partial charge is 0.318 e. The quantitative estimate of drug-likeness (QED) is 0.886. The van der Waals surface area contributed by atoms with Crippen molar-refractivity contribution < 1.29 is 14.3 Å². The third kappa shape index (κ3) is 3.98. The molecule has 0 unspecified atom stereocenters. The Morgan fingerprint density at radius 1 is 1.36 bits per heavy atom. The number of carbonyl (C=O) groups is 2. The number of hydrogen-bond donors (Lipinski definition) is 2. The maximum atomic E-state index is 11.9. The van der Waals surface area contributed by atoms with Crippen molar-refractivity contribution in [2.75, 3.05) is 20.2 Å². The number of carbonyl (C=O) groups excluding carboxylic acids is 2.